The third-order valence-corrected chi connectivity index (χ3v) is 9.04. The number of carboxylic acid groups (broad SMARTS) is 1. The zero-order valence-electron chi connectivity index (χ0n) is 13.3. The van der Waals surface area contributed by atoms with Crippen LogP contribution in [0.2, 0.25) is 0 Å². The van der Waals surface area contributed by atoms with Crippen LogP contribution < -0.4 is 0 Å². The molecule has 2 nitrogen and oxygen atoms in total. The van der Waals surface area contributed by atoms with Crippen molar-refractivity contribution >= 4 is 13.2 Å². The second-order valence-corrected chi connectivity index (χ2v) is 10.3. The Labute approximate surface area is 120 Å². The number of hydrogen-bond acceptors (Lipinski definition) is 1. The van der Waals surface area contributed by atoms with Gasteiger partial charge in [0.1, 0.15) is 0 Å². The summed E-state index contributed by atoms with van der Waals surface area (Å²) in [6.45, 7) is 6.81. The van der Waals surface area contributed by atoms with E-state index in [1.807, 2.05) is 0 Å². The van der Waals surface area contributed by atoms with Gasteiger partial charge in [-0.3, -0.25) is 4.79 Å². The monoisotopic (exact) mass is 289 g/mol. The van der Waals surface area contributed by atoms with Gasteiger partial charge in [0.2, 0.25) is 0 Å². The molecule has 0 fully saturated rings. The van der Waals surface area contributed by atoms with E-state index in [1.165, 1.54) is 63.2 Å². The molecule has 0 aliphatic carbocycles. The van der Waals surface area contributed by atoms with Crippen molar-refractivity contribution in [1.29, 1.82) is 0 Å². The fraction of sp³-hybridized carbons (Fsp3) is 0.938. The number of unbranched alkanes of at least 4 members (excludes halogenated alkanes) is 3. The molecule has 0 amide bonds. The largest absolute Gasteiger partial charge is 0.481 e. The average molecular weight is 289 g/mol. The number of carboxylic acids is 1. The summed E-state index contributed by atoms with van der Waals surface area (Å²) < 4.78 is 0. The first-order chi connectivity index (χ1) is 9.10. The Morgan fingerprint density at radius 2 is 1.16 bits per heavy atom. The van der Waals surface area contributed by atoms with Crippen molar-refractivity contribution in [1.82, 2.24) is 0 Å². The van der Waals surface area contributed by atoms with E-state index in [2.05, 4.69) is 20.8 Å². The van der Waals surface area contributed by atoms with Gasteiger partial charge in [-0.1, -0.05) is 40.0 Å². The number of hydrogen-bond donors (Lipinski definition) is 1. The predicted molar refractivity (Wildman–Crippen MR) is 88.0 cm³/mol. The highest BCUT2D eigenvalue weighted by Gasteiger charge is 2.34. The van der Waals surface area contributed by atoms with Gasteiger partial charge in [-0.25, -0.2) is 0 Å². The molecule has 0 radical (unpaired) electrons. The van der Waals surface area contributed by atoms with Gasteiger partial charge < -0.3 is 5.11 Å². The number of carbonyl (C=O) groups is 1. The number of aliphatic carboxylic acids is 1. The molecule has 1 N–H and O–H groups in total. The van der Waals surface area contributed by atoms with Gasteiger partial charge >= 0.3 is 5.97 Å². The second kappa shape index (κ2) is 11.7. The maximum atomic E-state index is 10.7. The first-order valence-corrected chi connectivity index (χ1v) is 10.7. The molecular formula is C16H34O2P+. The molecule has 19 heavy (non-hydrogen) atoms. The van der Waals surface area contributed by atoms with E-state index in [1.54, 1.807) is 0 Å². The quantitative estimate of drug-likeness (QED) is 0.469. The lowest BCUT2D eigenvalue weighted by atomic mass is 10.3. The third kappa shape index (κ3) is 9.44. The Kier molecular flexibility index (Phi) is 11.6. The van der Waals surface area contributed by atoms with Crippen LogP contribution in [0.15, 0.2) is 0 Å². The highest BCUT2D eigenvalue weighted by molar-refractivity contribution is 7.75. The molecule has 0 aliphatic heterocycles. The van der Waals surface area contributed by atoms with Crippen molar-refractivity contribution in [3.8, 4) is 0 Å². The topological polar surface area (TPSA) is 37.3 Å². The Hall–Kier alpha value is -0.100. The van der Waals surface area contributed by atoms with Gasteiger partial charge in [-0.2, -0.15) is 0 Å². The zero-order valence-corrected chi connectivity index (χ0v) is 14.2. The lowest BCUT2D eigenvalue weighted by Crippen LogP contribution is -2.13. The van der Waals surface area contributed by atoms with Gasteiger partial charge in [-0.05, 0) is 25.7 Å². The van der Waals surface area contributed by atoms with Crippen LogP contribution in [-0.2, 0) is 4.79 Å². The summed E-state index contributed by atoms with van der Waals surface area (Å²) in [5, 5.41) is 8.85. The molecular weight excluding hydrogens is 255 g/mol. The Bertz CT molecular complexity index is 207. The molecule has 0 aromatic rings. The van der Waals surface area contributed by atoms with Crippen molar-refractivity contribution in [2.45, 2.75) is 72.1 Å². The van der Waals surface area contributed by atoms with E-state index < -0.39 is 13.2 Å². The Balaban J connectivity index is 4.51. The summed E-state index contributed by atoms with van der Waals surface area (Å²) in [4.78, 5) is 10.7. The lowest BCUT2D eigenvalue weighted by Gasteiger charge is -2.28. The normalized spacial score (nSPS) is 11.7. The molecule has 0 bridgehead atoms. The lowest BCUT2D eigenvalue weighted by molar-refractivity contribution is -0.137. The molecule has 3 heteroatoms. The summed E-state index contributed by atoms with van der Waals surface area (Å²) in [7, 11) is -0.865. The van der Waals surface area contributed by atoms with E-state index in [0.717, 1.165) is 6.42 Å². The third-order valence-electron chi connectivity index (χ3n) is 3.98. The molecule has 0 saturated heterocycles. The summed E-state index contributed by atoms with van der Waals surface area (Å²) >= 11 is 0. The molecule has 0 spiro atoms. The summed E-state index contributed by atoms with van der Waals surface area (Å²) in [6.07, 6.45) is 14.6. The smallest absolute Gasteiger partial charge is 0.303 e. The summed E-state index contributed by atoms with van der Waals surface area (Å²) in [6, 6.07) is 0. The SMILES string of the molecule is CCCC[P+](CCCC)(CCCC)CCCC(=O)O. The first-order valence-electron chi connectivity index (χ1n) is 8.17. The maximum Gasteiger partial charge on any atom is 0.303 e. The van der Waals surface area contributed by atoms with E-state index in [-0.39, 0.29) is 0 Å². The average Bonchev–Trinajstić information content (AvgIpc) is 2.39. The first kappa shape index (κ1) is 18.9. The van der Waals surface area contributed by atoms with E-state index in [0.29, 0.717) is 6.42 Å². The van der Waals surface area contributed by atoms with Crippen LogP contribution in [0.25, 0.3) is 0 Å². The minimum Gasteiger partial charge on any atom is -0.481 e. The highest BCUT2D eigenvalue weighted by Crippen LogP contribution is 2.61. The molecule has 0 aromatic heterocycles. The second-order valence-electron chi connectivity index (χ2n) is 5.79. The van der Waals surface area contributed by atoms with Crippen molar-refractivity contribution in [2.75, 3.05) is 24.6 Å². The van der Waals surface area contributed by atoms with Gasteiger partial charge in [0.25, 0.3) is 0 Å². The van der Waals surface area contributed by atoms with Crippen LogP contribution in [0.4, 0.5) is 0 Å². The van der Waals surface area contributed by atoms with Crippen molar-refractivity contribution < 1.29 is 9.90 Å². The van der Waals surface area contributed by atoms with Crippen LogP contribution in [0.1, 0.15) is 72.1 Å². The van der Waals surface area contributed by atoms with Gasteiger partial charge in [0, 0.05) is 13.7 Å². The predicted octanol–water partition coefficient (Wildman–Crippen LogP) is 5.27. The van der Waals surface area contributed by atoms with E-state index >= 15 is 0 Å². The molecule has 0 rings (SSSR count). The molecule has 0 unspecified atom stereocenters. The molecule has 0 aliphatic rings. The molecule has 0 saturated carbocycles. The van der Waals surface area contributed by atoms with Crippen molar-refractivity contribution in [3.05, 3.63) is 0 Å². The molecule has 0 heterocycles. The van der Waals surface area contributed by atoms with Crippen LogP contribution in [0.3, 0.4) is 0 Å². The maximum absolute atomic E-state index is 10.7. The minimum absolute atomic E-state index is 0.367. The molecule has 0 aromatic carbocycles. The van der Waals surface area contributed by atoms with Crippen molar-refractivity contribution in [2.24, 2.45) is 0 Å². The fourth-order valence-electron chi connectivity index (χ4n) is 2.72. The summed E-state index contributed by atoms with van der Waals surface area (Å²) in [5.74, 6) is -0.625. The van der Waals surface area contributed by atoms with Crippen LogP contribution in [0.5, 0.6) is 0 Å². The summed E-state index contributed by atoms with van der Waals surface area (Å²) in [5.41, 5.74) is 0. The Morgan fingerprint density at radius 3 is 1.47 bits per heavy atom. The van der Waals surface area contributed by atoms with E-state index in [4.69, 9.17) is 5.11 Å². The van der Waals surface area contributed by atoms with E-state index in [9.17, 15) is 4.79 Å². The highest BCUT2D eigenvalue weighted by atomic mass is 31.2. The molecule has 0 atom stereocenters. The van der Waals surface area contributed by atoms with Crippen molar-refractivity contribution in [3.63, 3.8) is 0 Å². The number of rotatable bonds is 13. The van der Waals surface area contributed by atoms with Crippen LogP contribution >= 0.6 is 7.26 Å². The van der Waals surface area contributed by atoms with Gasteiger partial charge in [0.15, 0.2) is 0 Å². The zero-order chi connectivity index (χ0) is 14.6. The minimum atomic E-state index is -0.865. The Morgan fingerprint density at radius 1 is 0.789 bits per heavy atom. The van der Waals surface area contributed by atoms with Gasteiger partial charge in [0.05, 0.1) is 24.6 Å². The fourth-order valence-corrected chi connectivity index (χ4v) is 7.85. The molecule has 114 valence electrons. The standard InChI is InChI=1S/C16H33O2P/c1-4-7-12-19(13-8-5-2,14-9-6-3)15-10-11-16(17)18/h4-15H2,1-3H3/p+1. The van der Waals surface area contributed by atoms with Crippen LogP contribution in [-0.4, -0.2) is 35.7 Å². The van der Waals surface area contributed by atoms with Gasteiger partial charge in [-0.15, -0.1) is 0 Å². The van der Waals surface area contributed by atoms with Crippen LogP contribution in [0, 0.1) is 0 Å².